The number of Topliss-reactive ketones (excluding diaryl/α,β-unsaturated/α-hetero) is 1. The molecular formula is C15H20O2. The molecule has 0 bridgehead atoms. The van der Waals surface area contributed by atoms with Gasteiger partial charge in [0.25, 0.3) is 0 Å². The monoisotopic (exact) mass is 232 g/mol. The van der Waals surface area contributed by atoms with E-state index in [9.17, 15) is 4.79 Å². The highest BCUT2D eigenvalue weighted by Gasteiger charge is 2.13. The number of hydrogen-bond donors (Lipinski definition) is 0. The van der Waals surface area contributed by atoms with E-state index < -0.39 is 0 Å². The number of fused-ring (bicyclic) bond motifs is 1. The van der Waals surface area contributed by atoms with Gasteiger partial charge in [0.15, 0.2) is 5.78 Å². The first-order chi connectivity index (χ1) is 8.31. The van der Waals surface area contributed by atoms with Gasteiger partial charge >= 0.3 is 0 Å². The van der Waals surface area contributed by atoms with Gasteiger partial charge in [-0.3, -0.25) is 4.79 Å². The van der Waals surface area contributed by atoms with Crippen LogP contribution in [0.1, 0.15) is 60.5 Å². The van der Waals surface area contributed by atoms with Crippen molar-refractivity contribution < 1.29 is 9.53 Å². The van der Waals surface area contributed by atoms with Crippen molar-refractivity contribution in [2.24, 2.45) is 0 Å². The summed E-state index contributed by atoms with van der Waals surface area (Å²) in [6.07, 6.45) is 5.30. The Morgan fingerprint density at radius 1 is 1.18 bits per heavy atom. The molecule has 1 aliphatic heterocycles. The average molecular weight is 232 g/mol. The lowest BCUT2D eigenvalue weighted by molar-refractivity contribution is 0.0979. The van der Waals surface area contributed by atoms with Crippen molar-refractivity contribution in [2.45, 2.75) is 52.2 Å². The van der Waals surface area contributed by atoms with Crippen LogP contribution in [0.2, 0.25) is 0 Å². The predicted octanol–water partition coefficient (Wildman–Crippen LogP) is 3.87. The molecule has 0 spiro atoms. The van der Waals surface area contributed by atoms with E-state index >= 15 is 0 Å². The van der Waals surface area contributed by atoms with Crippen LogP contribution in [0.15, 0.2) is 18.2 Å². The molecule has 0 fully saturated rings. The summed E-state index contributed by atoms with van der Waals surface area (Å²) in [4.78, 5) is 12.0. The van der Waals surface area contributed by atoms with Crippen LogP contribution in [-0.2, 0) is 18.0 Å². The Morgan fingerprint density at radius 2 is 2.00 bits per heavy atom. The molecule has 1 aromatic rings. The number of ketones is 1. The topological polar surface area (TPSA) is 26.3 Å². The number of rotatable bonds is 6. The van der Waals surface area contributed by atoms with Crippen LogP contribution in [0.4, 0.5) is 0 Å². The fourth-order valence-corrected chi connectivity index (χ4v) is 2.20. The van der Waals surface area contributed by atoms with Crippen molar-refractivity contribution in [1.29, 1.82) is 0 Å². The van der Waals surface area contributed by atoms with Crippen molar-refractivity contribution in [3.8, 4) is 0 Å². The lowest BCUT2D eigenvalue weighted by Crippen LogP contribution is -2.00. The number of carbonyl (C=O) groups is 1. The van der Waals surface area contributed by atoms with Crippen LogP contribution in [0, 0.1) is 0 Å². The van der Waals surface area contributed by atoms with E-state index in [1.54, 1.807) is 0 Å². The van der Waals surface area contributed by atoms with Crippen molar-refractivity contribution >= 4 is 5.78 Å². The third-order valence-electron chi connectivity index (χ3n) is 3.30. The van der Waals surface area contributed by atoms with Crippen molar-refractivity contribution in [2.75, 3.05) is 0 Å². The Bertz CT molecular complexity index is 396. The molecule has 0 amide bonds. The summed E-state index contributed by atoms with van der Waals surface area (Å²) >= 11 is 0. The molecule has 0 unspecified atom stereocenters. The van der Waals surface area contributed by atoms with E-state index in [-0.39, 0.29) is 5.78 Å². The third-order valence-corrected chi connectivity index (χ3v) is 3.30. The van der Waals surface area contributed by atoms with Crippen LogP contribution < -0.4 is 0 Å². The Hall–Kier alpha value is -1.15. The zero-order chi connectivity index (χ0) is 12.1. The van der Waals surface area contributed by atoms with Crippen LogP contribution in [0.3, 0.4) is 0 Å². The largest absolute Gasteiger partial charge is 0.372 e. The predicted molar refractivity (Wildman–Crippen MR) is 68.0 cm³/mol. The average Bonchev–Trinajstić information content (AvgIpc) is 2.81. The normalized spacial score (nSPS) is 13.7. The zero-order valence-electron chi connectivity index (χ0n) is 10.5. The number of carbonyl (C=O) groups excluding carboxylic acids is 1. The molecule has 0 N–H and O–H groups in total. The molecule has 1 aliphatic rings. The first kappa shape index (κ1) is 12.3. The molecule has 92 valence electrons. The molecule has 2 nitrogen and oxygen atoms in total. The maximum atomic E-state index is 12.0. The second-order valence-electron chi connectivity index (χ2n) is 4.71. The van der Waals surface area contributed by atoms with Crippen molar-refractivity contribution in [3.63, 3.8) is 0 Å². The highest BCUT2D eigenvalue weighted by Crippen LogP contribution is 2.21. The van der Waals surface area contributed by atoms with E-state index in [1.807, 2.05) is 18.2 Å². The third kappa shape index (κ3) is 3.16. The van der Waals surface area contributed by atoms with E-state index in [0.29, 0.717) is 19.6 Å². The number of ether oxygens (including phenoxy) is 1. The van der Waals surface area contributed by atoms with E-state index in [2.05, 4.69) is 6.92 Å². The Kier molecular flexibility index (Phi) is 4.32. The number of benzene rings is 1. The SMILES string of the molecule is CCCCCCC(=O)c1ccc2c(c1)COC2. The molecule has 0 saturated carbocycles. The van der Waals surface area contributed by atoms with Gasteiger partial charge in [0.1, 0.15) is 0 Å². The van der Waals surface area contributed by atoms with E-state index in [4.69, 9.17) is 4.74 Å². The van der Waals surface area contributed by atoms with Crippen LogP contribution in [0.25, 0.3) is 0 Å². The fourth-order valence-electron chi connectivity index (χ4n) is 2.20. The lowest BCUT2D eigenvalue weighted by atomic mass is 10.0. The van der Waals surface area contributed by atoms with Gasteiger partial charge in [-0.25, -0.2) is 0 Å². The minimum absolute atomic E-state index is 0.274. The molecule has 1 aromatic carbocycles. The molecule has 0 aromatic heterocycles. The van der Waals surface area contributed by atoms with Crippen LogP contribution >= 0.6 is 0 Å². The molecule has 2 heteroatoms. The molecule has 2 rings (SSSR count). The minimum Gasteiger partial charge on any atom is -0.372 e. The molecule has 1 heterocycles. The second kappa shape index (κ2) is 5.97. The minimum atomic E-state index is 0.274. The summed E-state index contributed by atoms with van der Waals surface area (Å²) in [6.45, 7) is 3.54. The van der Waals surface area contributed by atoms with Crippen LogP contribution in [-0.4, -0.2) is 5.78 Å². The highest BCUT2D eigenvalue weighted by molar-refractivity contribution is 5.96. The molecule has 0 aliphatic carbocycles. The summed E-state index contributed by atoms with van der Waals surface area (Å²) in [7, 11) is 0. The van der Waals surface area contributed by atoms with Gasteiger partial charge in [-0.1, -0.05) is 38.3 Å². The van der Waals surface area contributed by atoms with Crippen LogP contribution in [0.5, 0.6) is 0 Å². The quantitative estimate of drug-likeness (QED) is 0.549. The lowest BCUT2D eigenvalue weighted by Gasteiger charge is -2.03. The zero-order valence-corrected chi connectivity index (χ0v) is 10.5. The summed E-state index contributed by atoms with van der Waals surface area (Å²) in [5.74, 6) is 0.274. The second-order valence-corrected chi connectivity index (χ2v) is 4.71. The van der Waals surface area contributed by atoms with Crippen molar-refractivity contribution in [3.05, 3.63) is 34.9 Å². The van der Waals surface area contributed by atoms with Gasteiger partial charge < -0.3 is 4.74 Å². The standard InChI is InChI=1S/C15H20O2/c1-2-3-4-5-6-15(16)12-7-8-13-10-17-11-14(13)9-12/h7-9H,2-6,10-11H2,1H3. The van der Waals surface area contributed by atoms with Gasteiger partial charge in [0.05, 0.1) is 13.2 Å². The first-order valence-electron chi connectivity index (χ1n) is 6.54. The summed E-state index contributed by atoms with van der Waals surface area (Å²) in [5, 5.41) is 0. The number of unbranched alkanes of at least 4 members (excludes halogenated alkanes) is 3. The molecule has 0 atom stereocenters. The summed E-state index contributed by atoms with van der Waals surface area (Å²) < 4.78 is 5.35. The summed E-state index contributed by atoms with van der Waals surface area (Å²) in [5.41, 5.74) is 3.27. The molecular weight excluding hydrogens is 212 g/mol. The van der Waals surface area contributed by atoms with E-state index in [1.165, 1.54) is 24.0 Å². The Labute approximate surface area is 103 Å². The Morgan fingerprint density at radius 3 is 2.82 bits per heavy atom. The van der Waals surface area contributed by atoms with Gasteiger partial charge in [-0.15, -0.1) is 0 Å². The fraction of sp³-hybridized carbons (Fsp3) is 0.533. The van der Waals surface area contributed by atoms with Gasteiger partial charge in [0.2, 0.25) is 0 Å². The highest BCUT2D eigenvalue weighted by atomic mass is 16.5. The van der Waals surface area contributed by atoms with Gasteiger partial charge in [0, 0.05) is 12.0 Å². The Balaban J connectivity index is 1.91. The van der Waals surface area contributed by atoms with Gasteiger partial charge in [-0.2, -0.15) is 0 Å². The summed E-state index contributed by atoms with van der Waals surface area (Å²) in [6, 6.07) is 5.97. The maximum Gasteiger partial charge on any atom is 0.162 e. The molecule has 17 heavy (non-hydrogen) atoms. The molecule has 0 saturated heterocycles. The van der Waals surface area contributed by atoms with Gasteiger partial charge in [-0.05, 0) is 23.6 Å². The number of hydrogen-bond acceptors (Lipinski definition) is 2. The van der Waals surface area contributed by atoms with E-state index in [0.717, 1.165) is 18.4 Å². The maximum absolute atomic E-state index is 12.0. The molecule has 0 radical (unpaired) electrons. The smallest absolute Gasteiger partial charge is 0.162 e. The van der Waals surface area contributed by atoms with Crippen molar-refractivity contribution in [1.82, 2.24) is 0 Å². The first-order valence-corrected chi connectivity index (χ1v) is 6.54.